The highest BCUT2D eigenvalue weighted by molar-refractivity contribution is 5.85. The lowest BCUT2D eigenvalue weighted by atomic mass is 9.77. The van der Waals surface area contributed by atoms with E-state index in [0.29, 0.717) is 6.54 Å². The molecule has 1 aromatic carbocycles. The third-order valence-electron chi connectivity index (χ3n) is 5.63. The molecule has 0 spiro atoms. The quantitative estimate of drug-likeness (QED) is 0.842. The second-order valence-corrected chi connectivity index (χ2v) is 7.89. The Balaban J connectivity index is 0.00000225. The Bertz CT molecular complexity index is 543. The summed E-state index contributed by atoms with van der Waals surface area (Å²) in [6.07, 6.45) is 4.77. The minimum Gasteiger partial charge on any atom is -0.353 e. The van der Waals surface area contributed by atoms with Gasteiger partial charge in [-0.3, -0.25) is 9.69 Å². The Hall–Kier alpha value is -1.10. The molecule has 2 heterocycles. The van der Waals surface area contributed by atoms with Crippen molar-refractivity contribution in [2.45, 2.75) is 51.6 Å². The van der Waals surface area contributed by atoms with Gasteiger partial charge >= 0.3 is 0 Å². The Morgan fingerprint density at radius 2 is 1.92 bits per heavy atom. The highest BCUT2D eigenvalue weighted by Crippen LogP contribution is 2.30. The van der Waals surface area contributed by atoms with Crippen LogP contribution in [0.25, 0.3) is 0 Å². The van der Waals surface area contributed by atoms with Gasteiger partial charge in [-0.05, 0) is 56.3 Å². The second-order valence-electron chi connectivity index (χ2n) is 7.89. The lowest BCUT2D eigenvalue weighted by molar-refractivity contribution is -0.127. The largest absolute Gasteiger partial charge is 0.353 e. The van der Waals surface area contributed by atoms with Gasteiger partial charge in [0.05, 0.1) is 12.1 Å². The number of hydrogen-bond acceptors (Lipinski definition) is 3. The van der Waals surface area contributed by atoms with Crippen LogP contribution >= 0.6 is 12.4 Å². The molecular weight excluding hydrogens is 334 g/mol. The molecule has 2 atom stereocenters. The number of carbonyl (C=O) groups excluding carboxylic acids is 1. The summed E-state index contributed by atoms with van der Waals surface area (Å²) in [5.41, 5.74) is 1.33. The van der Waals surface area contributed by atoms with Crippen molar-refractivity contribution in [3.05, 3.63) is 35.9 Å². The molecule has 3 rings (SSSR count). The first-order valence-electron chi connectivity index (χ1n) is 9.38. The maximum atomic E-state index is 12.8. The summed E-state index contributed by atoms with van der Waals surface area (Å²) in [6, 6.07) is 10.8. The van der Waals surface area contributed by atoms with Gasteiger partial charge in [-0.2, -0.15) is 0 Å². The highest BCUT2D eigenvalue weighted by atomic mass is 35.5. The average molecular weight is 366 g/mol. The van der Waals surface area contributed by atoms with Crippen LogP contribution in [0, 0.1) is 5.41 Å². The van der Waals surface area contributed by atoms with Crippen LogP contribution in [0.2, 0.25) is 0 Å². The van der Waals surface area contributed by atoms with Crippen molar-refractivity contribution in [2.24, 2.45) is 5.41 Å². The zero-order chi connectivity index (χ0) is 17.0. The van der Waals surface area contributed by atoms with Gasteiger partial charge in [0, 0.05) is 6.54 Å². The predicted octanol–water partition coefficient (Wildman–Crippen LogP) is 3.14. The van der Waals surface area contributed by atoms with Crippen LogP contribution in [-0.4, -0.2) is 43.0 Å². The van der Waals surface area contributed by atoms with E-state index in [1.54, 1.807) is 0 Å². The van der Waals surface area contributed by atoms with Gasteiger partial charge in [0.2, 0.25) is 5.91 Å². The Labute approximate surface area is 158 Å². The first-order chi connectivity index (χ1) is 11.6. The maximum absolute atomic E-state index is 12.8. The van der Waals surface area contributed by atoms with E-state index in [2.05, 4.69) is 59.7 Å². The maximum Gasteiger partial charge on any atom is 0.237 e. The lowest BCUT2D eigenvalue weighted by Crippen LogP contribution is -2.56. The summed E-state index contributed by atoms with van der Waals surface area (Å²) in [7, 11) is 0. The zero-order valence-electron chi connectivity index (χ0n) is 15.5. The first kappa shape index (κ1) is 20.2. The molecule has 140 valence electrons. The van der Waals surface area contributed by atoms with Crippen LogP contribution in [0.4, 0.5) is 0 Å². The van der Waals surface area contributed by atoms with Crippen molar-refractivity contribution >= 4 is 18.3 Å². The minimum absolute atomic E-state index is 0. The number of carbonyl (C=O) groups is 1. The standard InChI is InChI=1S/C20H31N3O.ClH/c1-20(2)11-8-12-21-18(20)19(24)22-15-17(23-13-6-7-14-23)16-9-4-3-5-10-16;/h3-5,9-10,17-18,21H,6-8,11-15H2,1-2H3,(H,22,24);1H. The molecule has 2 aliphatic rings. The average Bonchev–Trinajstić information content (AvgIpc) is 3.10. The number of nitrogens with zero attached hydrogens (tertiary/aromatic N) is 1. The van der Waals surface area contributed by atoms with Gasteiger partial charge in [0.1, 0.15) is 0 Å². The predicted molar refractivity (Wildman–Crippen MR) is 105 cm³/mol. The van der Waals surface area contributed by atoms with E-state index in [1.165, 1.54) is 18.4 Å². The highest BCUT2D eigenvalue weighted by Gasteiger charge is 2.37. The number of piperidine rings is 1. The van der Waals surface area contributed by atoms with Crippen molar-refractivity contribution in [1.82, 2.24) is 15.5 Å². The van der Waals surface area contributed by atoms with Crippen LogP contribution in [0.3, 0.4) is 0 Å². The van der Waals surface area contributed by atoms with Crippen LogP contribution in [0.1, 0.15) is 51.1 Å². The molecule has 0 saturated carbocycles. The van der Waals surface area contributed by atoms with E-state index in [-0.39, 0.29) is 35.8 Å². The smallest absolute Gasteiger partial charge is 0.237 e. The molecule has 0 aromatic heterocycles. The summed E-state index contributed by atoms with van der Waals surface area (Å²) in [6.45, 7) is 8.27. The Morgan fingerprint density at radius 3 is 2.56 bits per heavy atom. The van der Waals surface area contributed by atoms with Crippen LogP contribution in [-0.2, 0) is 4.79 Å². The van der Waals surface area contributed by atoms with E-state index in [9.17, 15) is 4.79 Å². The van der Waals surface area contributed by atoms with Gasteiger partial charge in [-0.15, -0.1) is 12.4 Å². The number of likely N-dealkylation sites (tertiary alicyclic amines) is 1. The lowest BCUT2D eigenvalue weighted by Gasteiger charge is -2.38. The summed E-state index contributed by atoms with van der Waals surface area (Å²) < 4.78 is 0. The third kappa shape index (κ3) is 4.96. The van der Waals surface area contributed by atoms with E-state index in [0.717, 1.165) is 32.5 Å². The Morgan fingerprint density at radius 1 is 1.24 bits per heavy atom. The Kier molecular flexibility index (Phi) is 7.29. The summed E-state index contributed by atoms with van der Waals surface area (Å²) >= 11 is 0. The number of nitrogens with one attached hydrogen (secondary N) is 2. The number of amides is 1. The first-order valence-corrected chi connectivity index (χ1v) is 9.38. The molecule has 0 aliphatic carbocycles. The fraction of sp³-hybridized carbons (Fsp3) is 0.650. The number of hydrogen-bond donors (Lipinski definition) is 2. The SMILES string of the molecule is CC1(C)CCCNC1C(=O)NCC(c1ccccc1)N1CCCC1.Cl. The molecule has 2 fully saturated rings. The van der Waals surface area contributed by atoms with Crippen molar-refractivity contribution in [3.63, 3.8) is 0 Å². The van der Waals surface area contributed by atoms with Gasteiger partial charge in [-0.1, -0.05) is 44.2 Å². The fourth-order valence-electron chi connectivity index (χ4n) is 4.14. The van der Waals surface area contributed by atoms with E-state index in [4.69, 9.17) is 0 Å². The van der Waals surface area contributed by atoms with Crippen molar-refractivity contribution in [3.8, 4) is 0 Å². The molecule has 2 unspecified atom stereocenters. The van der Waals surface area contributed by atoms with Crippen LogP contribution in [0.5, 0.6) is 0 Å². The van der Waals surface area contributed by atoms with Crippen molar-refractivity contribution in [2.75, 3.05) is 26.2 Å². The molecule has 2 aliphatic heterocycles. The zero-order valence-corrected chi connectivity index (χ0v) is 16.3. The molecule has 1 aromatic rings. The normalized spacial score (nSPS) is 24.3. The number of benzene rings is 1. The minimum atomic E-state index is -0.0822. The van der Waals surface area contributed by atoms with Crippen molar-refractivity contribution in [1.29, 1.82) is 0 Å². The molecule has 5 heteroatoms. The topological polar surface area (TPSA) is 44.4 Å². The number of halogens is 1. The van der Waals surface area contributed by atoms with Crippen molar-refractivity contribution < 1.29 is 4.79 Å². The van der Waals surface area contributed by atoms with Crippen LogP contribution in [0.15, 0.2) is 30.3 Å². The molecule has 2 saturated heterocycles. The molecule has 0 radical (unpaired) electrons. The summed E-state index contributed by atoms with van der Waals surface area (Å²) in [4.78, 5) is 15.3. The molecular formula is C20H32ClN3O. The fourth-order valence-corrected chi connectivity index (χ4v) is 4.14. The third-order valence-corrected chi connectivity index (χ3v) is 5.63. The van der Waals surface area contributed by atoms with Gasteiger partial charge in [0.25, 0.3) is 0 Å². The summed E-state index contributed by atoms with van der Waals surface area (Å²) in [5, 5.41) is 6.66. The van der Waals surface area contributed by atoms with Gasteiger partial charge < -0.3 is 10.6 Å². The van der Waals surface area contributed by atoms with Gasteiger partial charge in [-0.25, -0.2) is 0 Å². The molecule has 4 nitrogen and oxygen atoms in total. The monoisotopic (exact) mass is 365 g/mol. The van der Waals surface area contributed by atoms with Gasteiger partial charge in [0.15, 0.2) is 0 Å². The van der Waals surface area contributed by atoms with E-state index >= 15 is 0 Å². The van der Waals surface area contributed by atoms with E-state index < -0.39 is 0 Å². The molecule has 0 bridgehead atoms. The second kappa shape index (κ2) is 9.02. The molecule has 2 N–H and O–H groups in total. The van der Waals surface area contributed by atoms with E-state index in [1.807, 2.05) is 0 Å². The number of rotatable bonds is 5. The summed E-state index contributed by atoms with van der Waals surface area (Å²) in [5.74, 6) is 0.153. The molecule has 1 amide bonds. The van der Waals surface area contributed by atoms with Crippen LogP contribution < -0.4 is 10.6 Å². The molecule has 25 heavy (non-hydrogen) atoms.